The van der Waals surface area contributed by atoms with Crippen LogP contribution >= 0.6 is 11.6 Å². The van der Waals surface area contributed by atoms with E-state index in [1.54, 1.807) is 7.11 Å². The quantitative estimate of drug-likeness (QED) is 0.874. The summed E-state index contributed by atoms with van der Waals surface area (Å²) in [6.07, 6.45) is 3.24. The van der Waals surface area contributed by atoms with Gasteiger partial charge in [-0.15, -0.1) is 0 Å². The number of likely N-dealkylation sites (tertiary alicyclic amines) is 1. The fourth-order valence-corrected chi connectivity index (χ4v) is 3.19. The van der Waals surface area contributed by atoms with E-state index in [9.17, 15) is 4.79 Å². The number of carbonyl (C=O) groups is 1. The lowest BCUT2D eigenvalue weighted by Crippen LogP contribution is -2.35. The number of rotatable bonds is 6. The zero-order valence-electron chi connectivity index (χ0n) is 12.3. The largest absolute Gasteiger partial charge is 0.496 e. The average Bonchev–Trinajstić information content (AvgIpc) is 2.47. The third-order valence-electron chi connectivity index (χ3n) is 4.05. The van der Waals surface area contributed by atoms with Crippen LogP contribution in [0.15, 0.2) is 18.2 Å². The smallest absolute Gasteiger partial charge is 0.303 e. The summed E-state index contributed by atoms with van der Waals surface area (Å²) < 4.78 is 5.38. The Hall–Kier alpha value is -1.26. The van der Waals surface area contributed by atoms with Crippen LogP contribution in [0.5, 0.6) is 5.75 Å². The highest BCUT2D eigenvalue weighted by atomic mass is 35.5. The van der Waals surface area contributed by atoms with Gasteiger partial charge in [-0.1, -0.05) is 17.7 Å². The number of methoxy groups -OCH3 is 1. The van der Waals surface area contributed by atoms with Crippen LogP contribution in [0, 0.1) is 5.92 Å². The number of carboxylic acids is 1. The van der Waals surface area contributed by atoms with E-state index in [1.807, 2.05) is 18.2 Å². The van der Waals surface area contributed by atoms with Gasteiger partial charge in [0, 0.05) is 30.1 Å². The van der Waals surface area contributed by atoms with E-state index in [0.29, 0.717) is 5.92 Å². The van der Waals surface area contributed by atoms with Crippen molar-refractivity contribution in [3.05, 3.63) is 28.8 Å². The van der Waals surface area contributed by atoms with Crippen LogP contribution in [0.1, 0.15) is 31.2 Å². The van der Waals surface area contributed by atoms with E-state index in [0.717, 1.165) is 55.2 Å². The summed E-state index contributed by atoms with van der Waals surface area (Å²) in [6.45, 7) is 2.71. The predicted octanol–water partition coefficient (Wildman–Crippen LogP) is 3.43. The molecule has 1 aromatic carbocycles. The number of piperidine rings is 1. The molecule has 1 unspecified atom stereocenters. The summed E-state index contributed by atoms with van der Waals surface area (Å²) in [5.41, 5.74) is 1.01. The van der Waals surface area contributed by atoms with Gasteiger partial charge in [0.25, 0.3) is 0 Å². The molecule has 0 radical (unpaired) electrons. The Labute approximate surface area is 130 Å². The molecule has 0 saturated carbocycles. The standard InChI is InChI=1S/C16H22ClNO3/c1-21-15-6-2-5-14(17)13(15)11-18-9-3-4-12(10-18)7-8-16(19)20/h2,5-6,12H,3-4,7-11H2,1H3,(H,19,20). The summed E-state index contributed by atoms with van der Waals surface area (Å²) in [5.74, 6) is 0.568. The number of carboxylic acid groups (broad SMARTS) is 1. The van der Waals surface area contributed by atoms with Crippen molar-refractivity contribution >= 4 is 17.6 Å². The third kappa shape index (κ3) is 4.61. The van der Waals surface area contributed by atoms with E-state index in [-0.39, 0.29) is 6.42 Å². The van der Waals surface area contributed by atoms with Gasteiger partial charge in [-0.3, -0.25) is 9.69 Å². The zero-order chi connectivity index (χ0) is 15.2. The molecule has 1 N–H and O–H groups in total. The lowest BCUT2D eigenvalue weighted by atomic mass is 9.93. The molecule has 1 aromatic rings. The molecule has 1 atom stereocenters. The second-order valence-corrected chi connectivity index (χ2v) is 6.00. The van der Waals surface area contributed by atoms with Crippen molar-refractivity contribution in [2.75, 3.05) is 20.2 Å². The van der Waals surface area contributed by atoms with Crippen molar-refractivity contribution in [1.82, 2.24) is 4.90 Å². The number of ether oxygens (including phenoxy) is 1. The minimum absolute atomic E-state index is 0.258. The van der Waals surface area contributed by atoms with Crippen LogP contribution < -0.4 is 4.74 Å². The fraction of sp³-hybridized carbons (Fsp3) is 0.562. The summed E-state index contributed by atoms with van der Waals surface area (Å²) >= 11 is 6.28. The van der Waals surface area contributed by atoms with E-state index in [2.05, 4.69) is 4.90 Å². The average molecular weight is 312 g/mol. The second kappa shape index (κ2) is 7.66. The summed E-state index contributed by atoms with van der Waals surface area (Å²) in [4.78, 5) is 13.0. The lowest BCUT2D eigenvalue weighted by molar-refractivity contribution is -0.137. The van der Waals surface area contributed by atoms with Gasteiger partial charge in [0.1, 0.15) is 5.75 Å². The van der Waals surface area contributed by atoms with Crippen LogP contribution in [0.25, 0.3) is 0 Å². The highest BCUT2D eigenvalue weighted by Gasteiger charge is 2.22. The molecule has 0 spiro atoms. The summed E-state index contributed by atoms with van der Waals surface area (Å²) in [5, 5.41) is 9.53. The van der Waals surface area contributed by atoms with Crippen LogP contribution in [-0.2, 0) is 11.3 Å². The highest BCUT2D eigenvalue weighted by molar-refractivity contribution is 6.31. The molecular weight excluding hydrogens is 290 g/mol. The van der Waals surface area contributed by atoms with Crippen molar-refractivity contribution in [3.8, 4) is 5.75 Å². The number of benzene rings is 1. The molecule has 1 fully saturated rings. The van der Waals surface area contributed by atoms with Crippen molar-refractivity contribution in [2.24, 2.45) is 5.92 Å². The summed E-state index contributed by atoms with van der Waals surface area (Å²) in [6, 6.07) is 5.69. The molecule has 2 rings (SSSR count). The van der Waals surface area contributed by atoms with Crippen molar-refractivity contribution in [2.45, 2.75) is 32.2 Å². The lowest BCUT2D eigenvalue weighted by Gasteiger charge is -2.33. The minimum Gasteiger partial charge on any atom is -0.496 e. The normalized spacial score (nSPS) is 19.4. The highest BCUT2D eigenvalue weighted by Crippen LogP contribution is 2.30. The van der Waals surface area contributed by atoms with Gasteiger partial charge in [0.15, 0.2) is 0 Å². The topological polar surface area (TPSA) is 49.8 Å². The Morgan fingerprint density at radius 3 is 3.05 bits per heavy atom. The molecular formula is C16H22ClNO3. The second-order valence-electron chi connectivity index (χ2n) is 5.60. The first-order chi connectivity index (χ1) is 10.1. The molecule has 116 valence electrons. The molecule has 0 aliphatic carbocycles. The fourth-order valence-electron chi connectivity index (χ4n) is 2.97. The Morgan fingerprint density at radius 1 is 1.52 bits per heavy atom. The van der Waals surface area contributed by atoms with Gasteiger partial charge in [-0.25, -0.2) is 0 Å². The maximum absolute atomic E-state index is 10.7. The molecule has 1 aliphatic rings. The molecule has 0 bridgehead atoms. The van der Waals surface area contributed by atoms with Crippen molar-refractivity contribution < 1.29 is 14.6 Å². The van der Waals surface area contributed by atoms with Crippen molar-refractivity contribution in [1.29, 1.82) is 0 Å². The van der Waals surface area contributed by atoms with Gasteiger partial charge in [-0.05, 0) is 43.9 Å². The molecule has 21 heavy (non-hydrogen) atoms. The SMILES string of the molecule is COc1cccc(Cl)c1CN1CCCC(CCC(=O)O)C1. The minimum atomic E-state index is -0.708. The zero-order valence-corrected chi connectivity index (χ0v) is 13.1. The molecule has 1 saturated heterocycles. The Balaban J connectivity index is 1.98. The van der Waals surface area contributed by atoms with E-state index in [4.69, 9.17) is 21.4 Å². The van der Waals surface area contributed by atoms with E-state index < -0.39 is 5.97 Å². The molecule has 4 nitrogen and oxygen atoms in total. The third-order valence-corrected chi connectivity index (χ3v) is 4.40. The van der Waals surface area contributed by atoms with Gasteiger partial charge in [0.05, 0.1) is 7.11 Å². The van der Waals surface area contributed by atoms with Crippen molar-refractivity contribution in [3.63, 3.8) is 0 Å². The Morgan fingerprint density at radius 2 is 2.33 bits per heavy atom. The maximum Gasteiger partial charge on any atom is 0.303 e. The predicted molar refractivity (Wildman–Crippen MR) is 82.9 cm³/mol. The number of hydrogen-bond donors (Lipinski definition) is 1. The first kappa shape index (κ1) is 16.1. The van der Waals surface area contributed by atoms with Crippen LogP contribution in [-0.4, -0.2) is 36.2 Å². The molecule has 0 aromatic heterocycles. The number of hydrogen-bond acceptors (Lipinski definition) is 3. The molecule has 1 aliphatic heterocycles. The van der Waals surface area contributed by atoms with Gasteiger partial charge in [0.2, 0.25) is 0 Å². The maximum atomic E-state index is 10.7. The first-order valence-electron chi connectivity index (χ1n) is 7.35. The van der Waals surface area contributed by atoms with E-state index in [1.165, 1.54) is 0 Å². The van der Waals surface area contributed by atoms with Crippen LogP contribution in [0.2, 0.25) is 5.02 Å². The number of nitrogens with zero attached hydrogens (tertiary/aromatic N) is 1. The van der Waals surface area contributed by atoms with Gasteiger partial charge < -0.3 is 9.84 Å². The molecule has 5 heteroatoms. The van der Waals surface area contributed by atoms with E-state index >= 15 is 0 Å². The number of aliphatic carboxylic acids is 1. The van der Waals surface area contributed by atoms with Crippen LogP contribution in [0.3, 0.4) is 0 Å². The van der Waals surface area contributed by atoms with Gasteiger partial charge in [-0.2, -0.15) is 0 Å². The first-order valence-corrected chi connectivity index (χ1v) is 7.73. The monoisotopic (exact) mass is 311 g/mol. The van der Waals surface area contributed by atoms with Crippen LogP contribution in [0.4, 0.5) is 0 Å². The van der Waals surface area contributed by atoms with Gasteiger partial charge >= 0.3 is 5.97 Å². The Bertz CT molecular complexity index is 492. The molecule has 1 heterocycles. The Kier molecular flexibility index (Phi) is 5.88. The number of halogens is 1. The summed E-state index contributed by atoms with van der Waals surface area (Å²) in [7, 11) is 1.65. The molecule has 0 amide bonds.